The van der Waals surface area contributed by atoms with Gasteiger partial charge in [-0.15, -0.1) is 0 Å². The average molecular weight is 271 g/mol. The van der Waals surface area contributed by atoms with Gasteiger partial charge in [-0.25, -0.2) is 0 Å². The summed E-state index contributed by atoms with van der Waals surface area (Å²) in [5, 5.41) is 0.910. The molecular formula is C14H19ClO3. The van der Waals surface area contributed by atoms with E-state index in [1.165, 1.54) is 32.6 Å². The number of hydrogen-bond donors (Lipinski definition) is 0. The number of hydrogen-bond acceptors (Lipinski definition) is 3. The molecule has 1 aliphatic heterocycles. The van der Waals surface area contributed by atoms with Crippen molar-refractivity contribution in [3.05, 3.63) is 23.3 Å². The lowest BCUT2D eigenvalue weighted by Crippen LogP contribution is -2.27. The molecule has 100 valence electrons. The van der Waals surface area contributed by atoms with Crippen molar-refractivity contribution in [3.8, 4) is 0 Å². The van der Waals surface area contributed by atoms with Gasteiger partial charge in [0.2, 0.25) is 0 Å². The van der Waals surface area contributed by atoms with Crippen LogP contribution < -0.4 is 0 Å². The smallest absolute Gasteiger partial charge is 0.303 e. The molecule has 0 aromatic heterocycles. The fourth-order valence-electron chi connectivity index (χ4n) is 2.44. The number of halogens is 1. The van der Waals surface area contributed by atoms with E-state index < -0.39 is 0 Å². The van der Waals surface area contributed by atoms with Crippen LogP contribution in [0.2, 0.25) is 0 Å². The number of esters is 1. The highest BCUT2D eigenvalue weighted by molar-refractivity contribution is 6.29. The van der Waals surface area contributed by atoms with Crippen molar-refractivity contribution < 1.29 is 14.3 Å². The van der Waals surface area contributed by atoms with E-state index in [-0.39, 0.29) is 18.2 Å². The zero-order valence-corrected chi connectivity index (χ0v) is 11.4. The van der Waals surface area contributed by atoms with Gasteiger partial charge in [0.15, 0.2) is 0 Å². The van der Waals surface area contributed by atoms with E-state index in [4.69, 9.17) is 21.1 Å². The maximum absolute atomic E-state index is 10.8. The quantitative estimate of drug-likeness (QED) is 0.584. The minimum Gasteiger partial charge on any atom is -0.456 e. The van der Waals surface area contributed by atoms with Crippen molar-refractivity contribution in [2.45, 2.75) is 44.8 Å². The van der Waals surface area contributed by atoms with Crippen molar-refractivity contribution in [3.63, 3.8) is 0 Å². The van der Waals surface area contributed by atoms with E-state index in [0.717, 1.165) is 5.03 Å². The summed E-state index contributed by atoms with van der Waals surface area (Å²) < 4.78 is 10.6. The Hall–Kier alpha value is -0.800. The fraction of sp³-hybridized carbons (Fsp3) is 0.643. The summed E-state index contributed by atoms with van der Waals surface area (Å²) in [5.74, 6) is 0.223. The molecule has 0 aromatic carbocycles. The van der Waals surface area contributed by atoms with Gasteiger partial charge in [0.1, 0.15) is 6.10 Å². The largest absolute Gasteiger partial charge is 0.456 e. The van der Waals surface area contributed by atoms with Crippen molar-refractivity contribution in [2.24, 2.45) is 5.92 Å². The van der Waals surface area contributed by atoms with Gasteiger partial charge in [0.05, 0.1) is 12.7 Å². The Morgan fingerprint density at radius 3 is 2.67 bits per heavy atom. The molecule has 1 heterocycles. The van der Waals surface area contributed by atoms with Crippen LogP contribution in [0.25, 0.3) is 0 Å². The summed E-state index contributed by atoms with van der Waals surface area (Å²) in [6.07, 6.45) is 10.3. The van der Waals surface area contributed by atoms with Crippen molar-refractivity contribution in [1.29, 1.82) is 0 Å². The Bertz CT molecular complexity index is 356. The Labute approximate surface area is 113 Å². The molecule has 0 aromatic rings. The van der Waals surface area contributed by atoms with Gasteiger partial charge in [-0.1, -0.05) is 30.5 Å². The van der Waals surface area contributed by atoms with E-state index in [1.54, 1.807) is 0 Å². The van der Waals surface area contributed by atoms with E-state index >= 15 is 0 Å². The summed E-state index contributed by atoms with van der Waals surface area (Å²) >= 11 is 6.30. The minimum absolute atomic E-state index is 0.0927. The van der Waals surface area contributed by atoms with E-state index in [0.29, 0.717) is 12.5 Å². The molecule has 0 radical (unpaired) electrons. The van der Waals surface area contributed by atoms with Crippen LogP contribution in [-0.4, -0.2) is 24.8 Å². The first-order valence-corrected chi connectivity index (χ1v) is 6.87. The number of carbonyl (C=O) groups excluding carboxylic acids is 1. The molecule has 0 amide bonds. The summed E-state index contributed by atoms with van der Waals surface area (Å²) in [7, 11) is 0. The molecule has 1 saturated carbocycles. The molecule has 18 heavy (non-hydrogen) atoms. The van der Waals surface area contributed by atoms with Crippen LogP contribution in [0.5, 0.6) is 0 Å². The molecule has 1 unspecified atom stereocenters. The Morgan fingerprint density at radius 2 is 2.11 bits per heavy atom. The second kappa shape index (κ2) is 6.39. The van der Waals surface area contributed by atoms with Gasteiger partial charge >= 0.3 is 5.97 Å². The molecule has 0 bridgehead atoms. The maximum atomic E-state index is 10.8. The van der Waals surface area contributed by atoms with Crippen LogP contribution in [0, 0.1) is 5.92 Å². The zero-order valence-electron chi connectivity index (χ0n) is 10.6. The van der Waals surface area contributed by atoms with E-state index in [9.17, 15) is 4.79 Å². The molecule has 4 heteroatoms. The number of allylic oxidation sites excluding steroid dienone is 1. The third kappa shape index (κ3) is 3.85. The monoisotopic (exact) mass is 270 g/mol. The Balaban J connectivity index is 1.88. The lowest BCUT2D eigenvalue weighted by atomic mass is 10.1. The van der Waals surface area contributed by atoms with Crippen LogP contribution in [0.4, 0.5) is 0 Å². The third-order valence-electron chi connectivity index (χ3n) is 3.35. The van der Waals surface area contributed by atoms with Crippen LogP contribution in [0.15, 0.2) is 23.3 Å². The van der Waals surface area contributed by atoms with Gasteiger partial charge in [-0.05, 0) is 30.9 Å². The molecule has 2 aliphatic rings. The molecule has 2 rings (SSSR count). The summed E-state index contributed by atoms with van der Waals surface area (Å²) in [4.78, 5) is 10.8. The SMILES string of the molecule is CC(=O)O[C@H]1C=CC(/C=C(/Cl)C2CCCC2)OC1. The fourth-order valence-corrected chi connectivity index (χ4v) is 2.78. The topological polar surface area (TPSA) is 35.5 Å². The first-order valence-electron chi connectivity index (χ1n) is 6.49. The minimum atomic E-state index is -0.286. The van der Waals surface area contributed by atoms with Gasteiger partial charge in [0, 0.05) is 12.0 Å². The highest BCUT2D eigenvalue weighted by Gasteiger charge is 2.21. The summed E-state index contributed by atoms with van der Waals surface area (Å²) in [6.45, 7) is 1.79. The standard InChI is InChI=1S/C14H19ClO3/c1-10(16)18-13-7-6-12(17-9-13)8-14(15)11-4-2-3-5-11/h6-8,11-13H,2-5,9H2,1H3/b14-8+/t12?,13-/m0/s1. The molecule has 3 nitrogen and oxygen atoms in total. The molecule has 1 aliphatic carbocycles. The highest BCUT2D eigenvalue weighted by atomic mass is 35.5. The second-order valence-electron chi connectivity index (χ2n) is 4.86. The number of rotatable bonds is 3. The van der Waals surface area contributed by atoms with Gasteiger partial charge < -0.3 is 9.47 Å². The Morgan fingerprint density at radius 1 is 1.39 bits per heavy atom. The predicted molar refractivity (Wildman–Crippen MR) is 70.3 cm³/mol. The molecule has 0 saturated heterocycles. The summed E-state index contributed by atoms with van der Waals surface area (Å²) in [5.41, 5.74) is 0. The molecule has 0 spiro atoms. The van der Waals surface area contributed by atoms with Gasteiger partial charge in [0.25, 0.3) is 0 Å². The molecule has 0 N–H and O–H groups in total. The lowest BCUT2D eigenvalue weighted by molar-refractivity contribution is -0.147. The van der Waals surface area contributed by atoms with Crippen LogP contribution in [0.1, 0.15) is 32.6 Å². The van der Waals surface area contributed by atoms with Crippen molar-refractivity contribution in [2.75, 3.05) is 6.61 Å². The number of ether oxygens (including phenoxy) is 2. The van der Waals surface area contributed by atoms with Crippen LogP contribution >= 0.6 is 11.6 Å². The first-order chi connectivity index (χ1) is 8.65. The van der Waals surface area contributed by atoms with Crippen LogP contribution in [-0.2, 0) is 14.3 Å². The third-order valence-corrected chi connectivity index (χ3v) is 3.79. The van der Waals surface area contributed by atoms with E-state index in [1.807, 2.05) is 18.2 Å². The first kappa shape index (κ1) is 13.6. The maximum Gasteiger partial charge on any atom is 0.303 e. The average Bonchev–Trinajstić information content (AvgIpc) is 2.84. The van der Waals surface area contributed by atoms with Crippen molar-refractivity contribution >= 4 is 17.6 Å². The lowest BCUT2D eigenvalue weighted by Gasteiger charge is -2.22. The van der Waals surface area contributed by atoms with Crippen LogP contribution in [0.3, 0.4) is 0 Å². The molecule has 1 fully saturated rings. The zero-order chi connectivity index (χ0) is 13.0. The Kier molecular flexibility index (Phi) is 4.84. The normalized spacial score (nSPS) is 29.6. The second-order valence-corrected chi connectivity index (χ2v) is 5.30. The highest BCUT2D eigenvalue weighted by Crippen LogP contribution is 2.33. The molecular weight excluding hydrogens is 252 g/mol. The molecule has 2 atom stereocenters. The van der Waals surface area contributed by atoms with Gasteiger partial charge in [-0.3, -0.25) is 4.79 Å². The number of carbonyl (C=O) groups is 1. The predicted octanol–water partition coefficient (Wildman–Crippen LogP) is 3.19. The van der Waals surface area contributed by atoms with E-state index in [2.05, 4.69) is 0 Å². The summed E-state index contributed by atoms with van der Waals surface area (Å²) in [6, 6.07) is 0. The van der Waals surface area contributed by atoms with Crippen molar-refractivity contribution in [1.82, 2.24) is 0 Å². The van der Waals surface area contributed by atoms with Gasteiger partial charge in [-0.2, -0.15) is 0 Å².